The van der Waals surface area contributed by atoms with Crippen LogP contribution in [-0.2, 0) is 6.61 Å². The van der Waals surface area contributed by atoms with E-state index < -0.39 is 0 Å². The molecule has 0 aliphatic heterocycles. The molecule has 0 aliphatic rings. The van der Waals surface area contributed by atoms with E-state index in [1.807, 2.05) is 13.0 Å². The highest BCUT2D eigenvalue weighted by Crippen LogP contribution is 2.34. The number of hydrogen-bond donors (Lipinski definition) is 1. The Labute approximate surface area is 143 Å². The Balaban J connectivity index is 2.22. The largest absolute Gasteiger partial charge is 0.490 e. The molecule has 2 aromatic carbocycles. The zero-order valence-corrected chi connectivity index (χ0v) is 14.7. The molecule has 1 N–H and O–H groups in total. The maximum Gasteiger partial charge on any atom is 0.175 e. The molecule has 116 valence electrons. The Morgan fingerprint density at radius 3 is 2.55 bits per heavy atom. The third-order valence-corrected chi connectivity index (χ3v) is 3.84. The summed E-state index contributed by atoms with van der Waals surface area (Å²) < 4.78 is 12.5. The highest BCUT2D eigenvalue weighted by molar-refractivity contribution is 14.1. The molecule has 22 heavy (non-hydrogen) atoms. The second-order valence-corrected chi connectivity index (χ2v) is 5.94. The number of benzene rings is 2. The van der Waals surface area contributed by atoms with E-state index in [4.69, 9.17) is 14.7 Å². The minimum Gasteiger partial charge on any atom is -0.490 e. The van der Waals surface area contributed by atoms with Gasteiger partial charge in [-0.15, -0.1) is 0 Å². The number of halogens is 1. The Hall–Kier alpha value is -1.76. The first-order valence-corrected chi connectivity index (χ1v) is 8.04. The van der Waals surface area contributed by atoms with Gasteiger partial charge < -0.3 is 14.7 Å². The van der Waals surface area contributed by atoms with Gasteiger partial charge in [-0.1, -0.05) is 35.0 Å². The molecule has 5 heteroatoms. The second-order valence-electron chi connectivity index (χ2n) is 4.78. The van der Waals surface area contributed by atoms with Crippen LogP contribution in [0.25, 0.3) is 0 Å². The maximum atomic E-state index is 8.67. The number of nitrogens with zero attached hydrogens (tertiary/aromatic N) is 1. The fourth-order valence-electron chi connectivity index (χ4n) is 1.97. The summed E-state index contributed by atoms with van der Waals surface area (Å²) in [6.45, 7) is 4.99. The van der Waals surface area contributed by atoms with E-state index in [9.17, 15) is 0 Å². The van der Waals surface area contributed by atoms with Crippen LogP contribution >= 0.6 is 22.6 Å². The molecule has 0 bridgehead atoms. The van der Waals surface area contributed by atoms with E-state index in [1.165, 1.54) is 11.8 Å². The van der Waals surface area contributed by atoms with Crippen LogP contribution in [0.15, 0.2) is 41.6 Å². The molecule has 0 unspecified atom stereocenters. The fourth-order valence-corrected chi connectivity index (χ4v) is 2.75. The van der Waals surface area contributed by atoms with Crippen LogP contribution in [0.2, 0.25) is 0 Å². The first kappa shape index (κ1) is 16.6. The molecule has 0 atom stereocenters. The van der Waals surface area contributed by atoms with Gasteiger partial charge >= 0.3 is 0 Å². The van der Waals surface area contributed by atoms with Gasteiger partial charge in [0.15, 0.2) is 11.5 Å². The molecule has 2 rings (SSSR count). The van der Waals surface area contributed by atoms with Gasteiger partial charge in [0.05, 0.1) is 16.4 Å². The minimum atomic E-state index is 0.476. The number of rotatable bonds is 6. The van der Waals surface area contributed by atoms with E-state index in [0.29, 0.717) is 24.7 Å². The van der Waals surface area contributed by atoms with E-state index in [2.05, 4.69) is 58.9 Å². The number of hydrogen-bond acceptors (Lipinski definition) is 4. The maximum absolute atomic E-state index is 8.67. The van der Waals surface area contributed by atoms with Crippen LogP contribution in [0.1, 0.15) is 23.6 Å². The molecule has 0 aromatic heterocycles. The predicted molar refractivity (Wildman–Crippen MR) is 95.2 cm³/mol. The van der Waals surface area contributed by atoms with Gasteiger partial charge in [0.25, 0.3) is 0 Å². The van der Waals surface area contributed by atoms with E-state index in [0.717, 1.165) is 14.7 Å². The average Bonchev–Trinajstić information content (AvgIpc) is 2.49. The lowest BCUT2D eigenvalue weighted by atomic mass is 10.2. The fraction of sp³-hybridized carbons (Fsp3) is 0.235. The Kier molecular flexibility index (Phi) is 6.06. The minimum absolute atomic E-state index is 0.476. The molecule has 0 saturated carbocycles. The molecular formula is C17H18INO3. The smallest absolute Gasteiger partial charge is 0.175 e. The lowest BCUT2D eigenvalue weighted by molar-refractivity contribution is 0.267. The number of ether oxygens (including phenoxy) is 2. The molecule has 2 aromatic rings. The quantitative estimate of drug-likeness (QED) is 0.332. The van der Waals surface area contributed by atoms with Gasteiger partial charge in [0, 0.05) is 5.56 Å². The van der Waals surface area contributed by atoms with Crippen molar-refractivity contribution in [2.24, 2.45) is 5.16 Å². The third-order valence-electron chi connectivity index (χ3n) is 3.04. The van der Waals surface area contributed by atoms with Crippen LogP contribution in [0.3, 0.4) is 0 Å². The highest BCUT2D eigenvalue weighted by atomic mass is 127. The highest BCUT2D eigenvalue weighted by Gasteiger charge is 2.12. The summed E-state index contributed by atoms with van der Waals surface area (Å²) in [6.07, 6.45) is 1.37. The molecule has 0 spiro atoms. The molecule has 4 nitrogen and oxygen atoms in total. The lowest BCUT2D eigenvalue weighted by Crippen LogP contribution is -2.02. The van der Waals surface area contributed by atoms with Crippen molar-refractivity contribution >= 4 is 28.8 Å². The van der Waals surface area contributed by atoms with E-state index in [1.54, 1.807) is 6.07 Å². The molecule has 0 heterocycles. The Bertz CT molecular complexity index is 654. The van der Waals surface area contributed by atoms with Crippen molar-refractivity contribution in [1.29, 1.82) is 0 Å². The van der Waals surface area contributed by atoms with Gasteiger partial charge in [-0.25, -0.2) is 0 Å². The third kappa shape index (κ3) is 4.37. The van der Waals surface area contributed by atoms with Crippen LogP contribution in [0.5, 0.6) is 11.5 Å². The summed E-state index contributed by atoms with van der Waals surface area (Å²) in [5.74, 6) is 1.36. The van der Waals surface area contributed by atoms with Crippen LogP contribution in [-0.4, -0.2) is 18.0 Å². The molecule has 0 aliphatic carbocycles. The molecule has 0 fully saturated rings. The molecular weight excluding hydrogens is 393 g/mol. The second kappa shape index (κ2) is 8.03. The predicted octanol–water partition coefficient (Wildman–Crippen LogP) is 4.39. The van der Waals surface area contributed by atoms with Gasteiger partial charge in [-0.3, -0.25) is 0 Å². The van der Waals surface area contributed by atoms with Crippen molar-refractivity contribution in [3.8, 4) is 11.5 Å². The normalized spacial score (nSPS) is 10.9. The SMILES string of the molecule is CCOc1cc(/C=N/O)cc(I)c1OCc1ccc(C)cc1. The Morgan fingerprint density at radius 1 is 1.18 bits per heavy atom. The van der Waals surface area contributed by atoms with E-state index >= 15 is 0 Å². The summed E-state index contributed by atoms with van der Waals surface area (Å²) in [4.78, 5) is 0. The Morgan fingerprint density at radius 2 is 1.91 bits per heavy atom. The topological polar surface area (TPSA) is 51.0 Å². The van der Waals surface area contributed by atoms with Crippen molar-refractivity contribution in [3.05, 3.63) is 56.7 Å². The zero-order valence-electron chi connectivity index (χ0n) is 12.5. The van der Waals surface area contributed by atoms with Crippen molar-refractivity contribution < 1.29 is 14.7 Å². The van der Waals surface area contributed by atoms with Gasteiger partial charge in [-0.05, 0) is 54.1 Å². The van der Waals surface area contributed by atoms with Crippen molar-refractivity contribution in [2.45, 2.75) is 20.5 Å². The summed E-state index contributed by atoms with van der Waals surface area (Å²) in [5.41, 5.74) is 3.09. The van der Waals surface area contributed by atoms with Crippen LogP contribution in [0.4, 0.5) is 0 Å². The van der Waals surface area contributed by atoms with Crippen molar-refractivity contribution in [3.63, 3.8) is 0 Å². The summed E-state index contributed by atoms with van der Waals surface area (Å²) in [6, 6.07) is 11.9. The molecule has 0 radical (unpaired) electrons. The van der Waals surface area contributed by atoms with E-state index in [-0.39, 0.29) is 0 Å². The van der Waals surface area contributed by atoms with Gasteiger partial charge in [-0.2, -0.15) is 0 Å². The average molecular weight is 411 g/mol. The van der Waals surface area contributed by atoms with Crippen molar-refractivity contribution in [2.75, 3.05) is 6.61 Å². The van der Waals surface area contributed by atoms with Gasteiger partial charge in [0.2, 0.25) is 0 Å². The first-order chi connectivity index (χ1) is 10.6. The zero-order chi connectivity index (χ0) is 15.9. The molecule has 0 saturated heterocycles. The number of oxime groups is 1. The van der Waals surface area contributed by atoms with Crippen molar-refractivity contribution in [1.82, 2.24) is 0 Å². The molecule has 0 amide bonds. The summed E-state index contributed by atoms with van der Waals surface area (Å²) in [5, 5.41) is 11.7. The van der Waals surface area contributed by atoms with Crippen LogP contribution in [0, 0.1) is 10.5 Å². The standard InChI is InChI=1S/C17H18INO3/c1-3-21-16-9-14(10-19-20)8-15(18)17(16)22-11-13-6-4-12(2)5-7-13/h4-10,20H,3,11H2,1-2H3/b19-10+. The lowest BCUT2D eigenvalue weighted by Gasteiger charge is -2.14. The van der Waals surface area contributed by atoms with Crippen LogP contribution < -0.4 is 9.47 Å². The summed E-state index contributed by atoms with van der Waals surface area (Å²) >= 11 is 2.19. The monoisotopic (exact) mass is 411 g/mol. The number of aryl methyl sites for hydroxylation is 1. The van der Waals surface area contributed by atoms with Gasteiger partial charge in [0.1, 0.15) is 6.61 Å². The first-order valence-electron chi connectivity index (χ1n) is 6.96. The summed E-state index contributed by atoms with van der Waals surface area (Å²) in [7, 11) is 0.